The Balaban J connectivity index is 1.70. The predicted molar refractivity (Wildman–Crippen MR) is 131 cm³/mol. The summed E-state index contributed by atoms with van der Waals surface area (Å²) in [6, 6.07) is 18.9. The number of fused-ring (bicyclic) bond motifs is 1. The molecule has 1 atom stereocenters. The minimum Gasteiger partial charge on any atom is -0.508 e. The third-order valence-corrected chi connectivity index (χ3v) is 6.13. The summed E-state index contributed by atoms with van der Waals surface area (Å²) in [6.07, 6.45) is 0.824. The highest BCUT2D eigenvalue weighted by atomic mass is 16.5. The van der Waals surface area contributed by atoms with Crippen molar-refractivity contribution in [2.24, 2.45) is 0 Å². The maximum atomic E-state index is 10.3. The highest BCUT2D eigenvalue weighted by molar-refractivity contribution is 5.88. The molecule has 3 aromatic rings. The first-order chi connectivity index (χ1) is 14.4. The first-order valence-electron chi connectivity index (χ1n) is 10.9. The van der Waals surface area contributed by atoms with E-state index in [-0.39, 0.29) is 16.9 Å². The maximum Gasteiger partial charge on any atom is 0.119 e. The lowest BCUT2D eigenvalue weighted by molar-refractivity contribution is 0.0108. The number of rotatable bonds is 2. The van der Waals surface area contributed by atoms with Crippen molar-refractivity contribution in [3.8, 4) is 16.9 Å². The van der Waals surface area contributed by atoms with Crippen LogP contribution in [0.4, 0.5) is 0 Å². The van der Waals surface area contributed by atoms with Gasteiger partial charge < -0.3 is 9.84 Å². The second-order valence-corrected chi connectivity index (χ2v) is 10.4. The van der Waals surface area contributed by atoms with Gasteiger partial charge >= 0.3 is 0 Å². The number of ether oxygens (including phenoxy) is 1. The molecule has 4 rings (SSSR count). The van der Waals surface area contributed by atoms with Crippen molar-refractivity contribution in [3.05, 3.63) is 90.2 Å². The highest BCUT2D eigenvalue weighted by Crippen LogP contribution is 2.43. The Morgan fingerprint density at radius 3 is 2.19 bits per heavy atom. The van der Waals surface area contributed by atoms with E-state index in [4.69, 9.17) is 4.74 Å². The van der Waals surface area contributed by atoms with Crippen LogP contribution in [0.25, 0.3) is 21.9 Å². The Morgan fingerprint density at radius 1 is 0.903 bits per heavy atom. The molecule has 1 aliphatic rings. The molecule has 0 radical (unpaired) electrons. The SMILES string of the molecule is C=C1CC(C)(C)OC(=C)C1c1ccc2cc(-c3ccc(O)c(C(C)(C)C)c3)ccc2c1. The molecule has 1 saturated heterocycles. The number of benzene rings is 3. The summed E-state index contributed by atoms with van der Waals surface area (Å²) in [6.45, 7) is 19.0. The summed E-state index contributed by atoms with van der Waals surface area (Å²) < 4.78 is 6.07. The molecule has 0 aliphatic carbocycles. The second-order valence-electron chi connectivity index (χ2n) is 10.4. The molecule has 1 fully saturated rings. The van der Waals surface area contributed by atoms with E-state index in [1.54, 1.807) is 6.07 Å². The average Bonchev–Trinajstić information content (AvgIpc) is 2.65. The van der Waals surface area contributed by atoms with Gasteiger partial charge in [0.05, 0.1) is 5.92 Å². The van der Waals surface area contributed by atoms with Gasteiger partial charge in [-0.1, -0.05) is 75.9 Å². The van der Waals surface area contributed by atoms with Crippen molar-refractivity contribution in [3.63, 3.8) is 0 Å². The van der Waals surface area contributed by atoms with Crippen molar-refractivity contribution in [1.82, 2.24) is 0 Å². The Labute approximate surface area is 185 Å². The lowest BCUT2D eigenvalue weighted by Crippen LogP contribution is -2.32. The number of allylic oxidation sites excluding steroid dienone is 1. The fourth-order valence-electron chi connectivity index (χ4n) is 4.69. The molecule has 31 heavy (non-hydrogen) atoms. The molecule has 1 N–H and O–H groups in total. The van der Waals surface area contributed by atoms with Crippen LogP contribution < -0.4 is 0 Å². The van der Waals surface area contributed by atoms with E-state index >= 15 is 0 Å². The first-order valence-corrected chi connectivity index (χ1v) is 10.9. The molecule has 0 bridgehead atoms. The van der Waals surface area contributed by atoms with E-state index in [0.29, 0.717) is 5.75 Å². The normalized spacial score (nSPS) is 18.8. The highest BCUT2D eigenvalue weighted by Gasteiger charge is 2.34. The van der Waals surface area contributed by atoms with Crippen molar-refractivity contribution in [2.45, 2.75) is 58.0 Å². The van der Waals surface area contributed by atoms with Crippen molar-refractivity contribution in [2.75, 3.05) is 0 Å². The smallest absolute Gasteiger partial charge is 0.119 e. The van der Waals surface area contributed by atoms with Gasteiger partial charge in [0.25, 0.3) is 0 Å². The number of phenolic OH excluding ortho intramolecular Hbond substituents is 1. The molecular formula is C29H32O2. The van der Waals surface area contributed by atoms with Crippen LogP contribution in [0.5, 0.6) is 5.75 Å². The molecule has 1 heterocycles. The molecule has 160 valence electrons. The Bertz CT molecular complexity index is 1170. The van der Waals surface area contributed by atoms with Gasteiger partial charge in [-0.15, -0.1) is 0 Å². The van der Waals surface area contributed by atoms with Gasteiger partial charge in [-0.25, -0.2) is 0 Å². The summed E-state index contributed by atoms with van der Waals surface area (Å²) in [5.74, 6) is 1.15. The van der Waals surface area contributed by atoms with Gasteiger partial charge in [-0.05, 0) is 70.5 Å². The van der Waals surface area contributed by atoms with Crippen LogP contribution in [0.3, 0.4) is 0 Å². The van der Waals surface area contributed by atoms with E-state index in [9.17, 15) is 5.11 Å². The monoisotopic (exact) mass is 412 g/mol. The Hall–Kier alpha value is -3.00. The van der Waals surface area contributed by atoms with E-state index in [1.165, 1.54) is 16.3 Å². The van der Waals surface area contributed by atoms with Crippen LogP contribution in [0.1, 0.15) is 58.1 Å². The fourth-order valence-corrected chi connectivity index (χ4v) is 4.69. The van der Waals surface area contributed by atoms with Crippen LogP contribution in [-0.4, -0.2) is 10.7 Å². The molecule has 0 aromatic heterocycles. The summed E-state index contributed by atoms with van der Waals surface area (Å²) in [7, 11) is 0. The van der Waals surface area contributed by atoms with E-state index in [2.05, 4.69) is 90.2 Å². The number of aromatic hydroxyl groups is 1. The van der Waals surface area contributed by atoms with Crippen LogP contribution >= 0.6 is 0 Å². The molecule has 2 heteroatoms. The van der Waals surface area contributed by atoms with Gasteiger partial charge in [0.15, 0.2) is 0 Å². The summed E-state index contributed by atoms with van der Waals surface area (Å²) >= 11 is 0. The largest absolute Gasteiger partial charge is 0.508 e. The molecule has 1 aliphatic heterocycles. The van der Waals surface area contributed by atoms with Crippen LogP contribution in [0.15, 0.2) is 79.1 Å². The average molecular weight is 413 g/mol. The molecular weight excluding hydrogens is 380 g/mol. The zero-order chi connectivity index (χ0) is 22.6. The third kappa shape index (κ3) is 4.12. The summed E-state index contributed by atoms with van der Waals surface area (Å²) in [5, 5.41) is 12.7. The standard InChI is InChI=1S/C29H32O2/c1-18-17-29(6,7)31-19(2)27(18)24-11-10-20-14-21(8-9-22(20)15-24)23-12-13-26(30)25(16-23)28(3,4)5/h8-16,27,30H,1-2,17H2,3-7H3. The third-order valence-electron chi connectivity index (χ3n) is 6.13. The van der Waals surface area contributed by atoms with Gasteiger partial charge in [0, 0.05) is 6.42 Å². The zero-order valence-electron chi connectivity index (χ0n) is 19.3. The van der Waals surface area contributed by atoms with Gasteiger partial charge in [0.2, 0.25) is 0 Å². The molecule has 0 saturated carbocycles. The minimum atomic E-state index is -0.244. The molecule has 0 amide bonds. The second kappa shape index (κ2) is 7.30. The summed E-state index contributed by atoms with van der Waals surface area (Å²) in [5.41, 5.74) is 5.17. The van der Waals surface area contributed by atoms with E-state index in [0.717, 1.165) is 34.4 Å². The quantitative estimate of drug-likeness (QED) is 0.434. The van der Waals surface area contributed by atoms with Crippen molar-refractivity contribution < 1.29 is 9.84 Å². The topological polar surface area (TPSA) is 29.5 Å². The van der Waals surface area contributed by atoms with Crippen molar-refractivity contribution in [1.29, 1.82) is 0 Å². The number of phenols is 1. The Kier molecular flexibility index (Phi) is 5.00. The first kappa shape index (κ1) is 21.2. The summed E-state index contributed by atoms with van der Waals surface area (Å²) in [4.78, 5) is 0. The van der Waals surface area contributed by atoms with Crippen LogP contribution in [0.2, 0.25) is 0 Å². The zero-order valence-corrected chi connectivity index (χ0v) is 19.3. The van der Waals surface area contributed by atoms with E-state index in [1.807, 2.05) is 6.07 Å². The van der Waals surface area contributed by atoms with Crippen LogP contribution in [-0.2, 0) is 10.2 Å². The lowest BCUT2D eigenvalue weighted by Gasteiger charge is -2.39. The Morgan fingerprint density at radius 2 is 1.52 bits per heavy atom. The van der Waals surface area contributed by atoms with Gasteiger partial charge in [-0.2, -0.15) is 0 Å². The van der Waals surface area contributed by atoms with Gasteiger partial charge in [0.1, 0.15) is 17.1 Å². The number of hydrogen-bond acceptors (Lipinski definition) is 2. The fraction of sp³-hybridized carbons (Fsp3) is 0.310. The predicted octanol–water partition coefficient (Wildman–Crippen LogP) is 7.86. The molecule has 2 nitrogen and oxygen atoms in total. The van der Waals surface area contributed by atoms with Gasteiger partial charge in [-0.3, -0.25) is 0 Å². The molecule has 1 unspecified atom stereocenters. The molecule has 3 aromatic carbocycles. The molecule has 0 spiro atoms. The lowest BCUT2D eigenvalue weighted by atomic mass is 9.81. The van der Waals surface area contributed by atoms with E-state index < -0.39 is 0 Å². The minimum absolute atomic E-state index is 0.0311. The number of hydrogen-bond donors (Lipinski definition) is 1. The van der Waals surface area contributed by atoms with Crippen molar-refractivity contribution >= 4 is 10.8 Å². The maximum absolute atomic E-state index is 10.3. The van der Waals surface area contributed by atoms with Crippen LogP contribution in [0, 0.1) is 0 Å².